The van der Waals surface area contributed by atoms with Crippen LogP contribution in [0.25, 0.3) is 11.0 Å². The number of hydrogen-bond donors (Lipinski definition) is 1. The van der Waals surface area contributed by atoms with Crippen molar-refractivity contribution in [3.05, 3.63) is 34.2 Å². The third kappa shape index (κ3) is 4.60. The van der Waals surface area contributed by atoms with Gasteiger partial charge in [-0.25, -0.2) is 0 Å². The van der Waals surface area contributed by atoms with Crippen molar-refractivity contribution < 1.29 is 18.7 Å². The maximum atomic E-state index is 12.4. The van der Waals surface area contributed by atoms with E-state index in [-0.39, 0.29) is 17.1 Å². The normalized spacial score (nSPS) is 14.9. The van der Waals surface area contributed by atoms with Gasteiger partial charge >= 0.3 is 0 Å². The quantitative estimate of drug-likeness (QED) is 0.750. The molecule has 2 aromatic rings. The Hall–Kier alpha value is -2.54. The zero-order valence-corrected chi connectivity index (χ0v) is 15.9. The molecule has 1 amide bonds. The SMILES string of the molecule is COc1cc2oc(C(=O)NCCCN3CCCCC3)cc(=O)c2cc1OC. The third-order valence-electron chi connectivity index (χ3n) is 4.84. The molecular weight excluding hydrogens is 348 g/mol. The van der Waals surface area contributed by atoms with Gasteiger partial charge in [-0.3, -0.25) is 9.59 Å². The first-order valence-electron chi connectivity index (χ1n) is 9.33. The summed E-state index contributed by atoms with van der Waals surface area (Å²) < 4.78 is 16.1. The van der Waals surface area contributed by atoms with E-state index in [1.807, 2.05) is 0 Å². The Kier molecular flexibility index (Phi) is 6.34. The molecule has 7 heteroatoms. The van der Waals surface area contributed by atoms with Crippen LogP contribution in [0, 0.1) is 0 Å². The van der Waals surface area contributed by atoms with Crippen molar-refractivity contribution in [3.63, 3.8) is 0 Å². The number of likely N-dealkylation sites (tertiary alicyclic amines) is 1. The Labute approximate surface area is 158 Å². The number of fused-ring (bicyclic) bond motifs is 1. The fourth-order valence-electron chi connectivity index (χ4n) is 3.37. The van der Waals surface area contributed by atoms with Gasteiger partial charge in [0.1, 0.15) is 5.58 Å². The fourth-order valence-corrected chi connectivity index (χ4v) is 3.37. The van der Waals surface area contributed by atoms with Crippen molar-refractivity contribution in [1.82, 2.24) is 10.2 Å². The minimum absolute atomic E-state index is 0.00214. The zero-order chi connectivity index (χ0) is 19.2. The Bertz CT molecular complexity index is 855. The van der Waals surface area contributed by atoms with E-state index >= 15 is 0 Å². The lowest BCUT2D eigenvalue weighted by Crippen LogP contribution is -2.33. The second-order valence-electron chi connectivity index (χ2n) is 6.69. The summed E-state index contributed by atoms with van der Waals surface area (Å²) >= 11 is 0. The van der Waals surface area contributed by atoms with Crippen LogP contribution in [0.4, 0.5) is 0 Å². The third-order valence-corrected chi connectivity index (χ3v) is 4.84. The number of carbonyl (C=O) groups excluding carboxylic acids is 1. The van der Waals surface area contributed by atoms with Crippen LogP contribution < -0.4 is 20.2 Å². The summed E-state index contributed by atoms with van der Waals surface area (Å²) in [5.74, 6) is 0.486. The van der Waals surface area contributed by atoms with Gasteiger partial charge < -0.3 is 24.1 Å². The van der Waals surface area contributed by atoms with Crippen LogP contribution in [0.2, 0.25) is 0 Å². The molecule has 1 saturated heterocycles. The van der Waals surface area contributed by atoms with E-state index in [1.165, 1.54) is 39.5 Å². The number of benzene rings is 1. The number of nitrogens with one attached hydrogen (secondary N) is 1. The summed E-state index contributed by atoms with van der Waals surface area (Å²) in [6, 6.07) is 4.33. The molecule has 1 fully saturated rings. The van der Waals surface area contributed by atoms with Crippen molar-refractivity contribution in [2.24, 2.45) is 0 Å². The molecule has 3 rings (SSSR count). The maximum Gasteiger partial charge on any atom is 0.287 e. The van der Waals surface area contributed by atoms with Crippen LogP contribution in [0.15, 0.2) is 27.4 Å². The summed E-state index contributed by atoms with van der Waals surface area (Å²) in [6.07, 6.45) is 4.69. The smallest absolute Gasteiger partial charge is 0.287 e. The monoisotopic (exact) mass is 374 g/mol. The van der Waals surface area contributed by atoms with Crippen molar-refractivity contribution in [1.29, 1.82) is 0 Å². The Morgan fingerprint density at radius 1 is 1.11 bits per heavy atom. The molecule has 1 N–H and O–H groups in total. The Morgan fingerprint density at radius 3 is 2.52 bits per heavy atom. The van der Waals surface area contributed by atoms with Crippen LogP contribution in [0.1, 0.15) is 36.2 Å². The van der Waals surface area contributed by atoms with E-state index in [1.54, 1.807) is 12.1 Å². The second-order valence-corrected chi connectivity index (χ2v) is 6.69. The highest BCUT2D eigenvalue weighted by Crippen LogP contribution is 2.31. The Morgan fingerprint density at radius 2 is 1.81 bits per heavy atom. The number of ether oxygens (including phenoxy) is 2. The lowest BCUT2D eigenvalue weighted by molar-refractivity contribution is 0.0924. The molecule has 1 aromatic carbocycles. The summed E-state index contributed by atoms with van der Waals surface area (Å²) in [7, 11) is 3.00. The molecule has 146 valence electrons. The lowest BCUT2D eigenvalue weighted by Gasteiger charge is -2.26. The van der Waals surface area contributed by atoms with E-state index in [9.17, 15) is 9.59 Å². The molecule has 0 radical (unpaired) electrons. The van der Waals surface area contributed by atoms with Gasteiger partial charge in [0.2, 0.25) is 0 Å². The number of carbonyl (C=O) groups is 1. The zero-order valence-electron chi connectivity index (χ0n) is 15.9. The van der Waals surface area contributed by atoms with E-state index in [0.717, 1.165) is 26.1 Å². The highest BCUT2D eigenvalue weighted by Gasteiger charge is 2.15. The van der Waals surface area contributed by atoms with Gasteiger partial charge in [0.25, 0.3) is 5.91 Å². The van der Waals surface area contributed by atoms with Crippen LogP contribution in [-0.4, -0.2) is 51.2 Å². The number of rotatable bonds is 7. The van der Waals surface area contributed by atoms with Crippen LogP contribution in [-0.2, 0) is 0 Å². The van der Waals surface area contributed by atoms with E-state index in [2.05, 4.69) is 10.2 Å². The van der Waals surface area contributed by atoms with Crippen molar-refractivity contribution in [3.8, 4) is 11.5 Å². The van der Waals surface area contributed by atoms with Crippen LogP contribution >= 0.6 is 0 Å². The van der Waals surface area contributed by atoms with Gasteiger partial charge in [-0.2, -0.15) is 0 Å². The molecule has 1 aliphatic heterocycles. The molecule has 0 unspecified atom stereocenters. The van der Waals surface area contributed by atoms with Crippen LogP contribution in [0.3, 0.4) is 0 Å². The van der Waals surface area contributed by atoms with E-state index in [4.69, 9.17) is 13.9 Å². The molecule has 0 saturated carbocycles. The Balaban J connectivity index is 1.66. The molecule has 1 aliphatic rings. The lowest BCUT2D eigenvalue weighted by atomic mass is 10.1. The minimum atomic E-state index is -0.387. The molecule has 7 nitrogen and oxygen atoms in total. The molecule has 0 atom stereocenters. The van der Waals surface area contributed by atoms with E-state index < -0.39 is 0 Å². The largest absolute Gasteiger partial charge is 0.493 e. The molecule has 2 heterocycles. The minimum Gasteiger partial charge on any atom is -0.493 e. The molecule has 0 bridgehead atoms. The first-order chi connectivity index (χ1) is 13.1. The number of piperidine rings is 1. The van der Waals surface area contributed by atoms with Gasteiger partial charge in [0, 0.05) is 18.7 Å². The van der Waals surface area contributed by atoms with E-state index in [0.29, 0.717) is 29.0 Å². The predicted molar refractivity (Wildman–Crippen MR) is 103 cm³/mol. The number of hydrogen-bond acceptors (Lipinski definition) is 6. The number of amides is 1. The average Bonchev–Trinajstić information content (AvgIpc) is 2.70. The second kappa shape index (κ2) is 8.90. The molecule has 1 aromatic heterocycles. The maximum absolute atomic E-state index is 12.4. The summed E-state index contributed by atoms with van der Waals surface area (Å²) in [4.78, 5) is 27.1. The van der Waals surface area contributed by atoms with Gasteiger partial charge in [-0.15, -0.1) is 0 Å². The standard InChI is InChI=1S/C20H26N2O5/c1-25-17-11-14-15(23)12-19(27-16(14)13-18(17)26-2)20(24)21-7-6-10-22-8-4-3-5-9-22/h11-13H,3-10H2,1-2H3,(H,21,24). The van der Waals surface area contributed by atoms with Gasteiger partial charge in [-0.1, -0.05) is 6.42 Å². The van der Waals surface area contributed by atoms with Gasteiger partial charge in [-0.05, 0) is 45.0 Å². The highest BCUT2D eigenvalue weighted by molar-refractivity contribution is 5.93. The average molecular weight is 374 g/mol. The molecular formula is C20H26N2O5. The number of nitrogens with zero attached hydrogens (tertiary/aromatic N) is 1. The molecule has 27 heavy (non-hydrogen) atoms. The van der Waals surface area contributed by atoms with Gasteiger partial charge in [0.15, 0.2) is 22.7 Å². The fraction of sp³-hybridized carbons (Fsp3) is 0.500. The summed E-state index contributed by atoms with van der Waals surface area (Å²) in [5, 5.41) is 3.17. The topological polar surface area (TPSA) is 81.0 Å². The van der Waals surface area contributed by atoms with Crippen molar-refractivity contribution >= 4 is 16.9 Å². The first kappa shape index (κ1) is 19.2. The van der Waals surface area contributed by atoms with Gasteiger partial charge in [0.05, 0.1) is 19.6 Å². The van der Waals surface area contributed by atoms with Crippen molar-refractivity contribution in [2.45, 2.75) is 25.7 Å². The summed E-state index contributed by atoms with van der Waals surface area (Å²) in [5.41, 5.74) is -0.00529. The summed E-state index contributed by atoms with van der Waals surface area (Å²) in [6.45, 7) is 3.79. The molecule has 0 aliphatic carbocycles. The number of methoxy groups -OCH3 is 2. The first-order valence-corrected chi connectivity index (χ1v) is 9.33. The van der Waals surface area contributed by atoms with Crippen LogP contribution in [0.5, 0.6) is 11.5 Å². The molecule has 0 spiro atoms. The van der Waals surface area contributed by atoms with Crippen molar-refractivity contribution in [2.75, 3.05) is 40.4 Å². The predicted octanol–water partition coefficient (Wildman–Crippen LogP) is 2.42. The highest BCUT2D eigenvalue weighted by atomic mass is 16.5.